The minimum absolute atomic E-state index is 0.193. The van der Waals surface area contributed by atoms with Gasteiger partial charge in [-0.2, -0.15) is 10.1 Å². The third-order valence-electron chi connectivity index (χ3n) is 4.32. The average molecular weight is 367 g/mol. The molecule has 138 valence electrons. The highest BCUT2D eigenvalue weighted by molar-refractivity contribution is 5.92. The van der Waals surface area contributed by atoms with Crippen LogP contribution in [0.3, 0.4) is 0 Å². The number of hydrogen-bond acceptors (Lipinski definition) is 8. The molecule has 3 aromatic heterocycles. The molecule has 0 aliphatic carbocycles. The zero-order valence-electron chi connectivity index (χ0n) is 14.6. The first kappa shape index (κ1) is 16.9. The first-order valence-corrected chi connectivity index (χ1v) is 8.47. The van der Waals surface area contributed by atoms with E-state index in [1.807, 2.05) is 12.1 Å². The van der Waals surface area contributed by atoms with Crippen molar-refractivity contribution in [1.82, 2.24) is 30.2 Å². The van der Waals surface area contributed by atoms with Gasteiger partial charge in [-0.3, -0.25) is 9.59 Å². The second kappa shape index (κ2) is 6.98. The van der Waals surface area contributed by atoms with Gasteiger partial charge in [0.25, 0.3) is 11.5 Å². The molecule has 4 rings (SSSR count). The van der Waals surface area contributed by atoms with Gasteiger partial charge in [0, 0.05) is 50.9 Å². The lowest BCUT2D eigenvalue weighted by Gasteiger charge is -2.35. The molecule has 1 fully saturated rings. The van der Waals surface area contributed by atoms with Gasteiger partial charge in [0.15, 0.2) is 0 Å². The van der Waals surface area contributed by atoms with Crippen molar-refractivity contribution in [2.24, 2.45) is 0 Å². The van der Waals surface area contributed by atoms with Crippen LogP contribution in [0, 0.1) is 6.92 Å². The second-order valence-electron chi connectivity index (χ2n) is 6.13. The summed E-state index contributed by atoms with van der Waals surface area (Å²) in [5.74, 6) is 1.65. The molecule has 0 bridgehead atoms. The first-order valence-electron chi connectivity index (χ1n) is 8.47. The van der Waals surface area contributed by atoms with Gasteiger partial charge >= 0.3 is 0 Å². The zero-order chi connectivity index (χ0) is 18.8. The molecular formula is C17H17N7O3. The molecule has 0 unspecified atom stereocenters. The van der Waals surface area contributed by atoms with Crippen LogP contribution in [-0.4, -0.2) is 62.3 Å². The number of pyridine rings is 1. The minimum Gasteiger partial charge on any atom is -0.353 e. The lowest BCUT2D eigenvalue weighted by atomic mass is 10.2. The molecular weight excluding hydrogens is 350 g/mol. The Morgan fingerprint density at radius 1 is 1.15 bits per heavy atom. The van der Waals surface area contributed by atoms with E-state index >= 15 is 0 Å². The number of H-pyrrole nitrogens is 1. The summed E-state index contributed by atoms with van der Waals surface area (Å²) in [6.07, 6.45) is 1.71. The highest BCUT2D eigenvalue weighted by Gasteiger charge is 2.23. The molecule has 0 aromatic carbocycles. The van der Waals surface area contributed by atoms with Crippen molar-refractivity contribution in [1.29, 1.82) is 0 Å². The monoisotopic (exact) mass is 367 g/mol. The van der Waals surface area contributed by atoms with E-state index in [1.165, 1.54) is 12.1 Å². The normalized spacial score (nSPS) is 14.4. The maximum atomic E-state index is 12.4. The van der Waals surface area contributed by atoms with Gasteiger partial charge < -0.3 is 14.3 Å². The van der Waals surface area contributed by atoms with Gasteiger partial charge in [0.2, 0.25) is 11.7 Å². The quantitative estimate of drug-likeness (QED) is 0.710. The van der Waals surface area contributed by atoms with E-state index in [0.717, 1.165) is 11.4 Å². The van der Waals surface area contributed by atoms with Crippen LogP contribution in [0.5, 0.6) is 0 Å². The third kappa shape index (κ3) is 3.54. The molecule has 0 spiro atoms. The van der Waals surface area contributed by atoms with Crippen molar-refractivity contribution in [2.45, 2.75) is 6.92 Å². The SMILES string of the molecule is Cc1nc(-c2ccc(N3CCN(C(=O)c4ccc(=O)[nH]n4)CC3)nc2)no1. The Morgan fingerprint density at radius 3 is 2.56 bits per heavy atom. The van der Waals surface area contributed by atoms with Gasteiger partial charge in [0.1, 0.15) is 11.5 Å². The van der Waals surface area contributed by atoms with Crippen molar-refractivity contribution >= 4 is 11.7 Å². The molecule has 1 saturated heterocycles. The summed E-state index contributed by atoms with van der Waals surface area (Å²) in [7, 11) is 0. The summed E-state index contributed by atoms with van der Waals surface area (Å²) in [6.45, 7) is 4.15. The largest absolute Gasteiger partial charge is 0.353 e. The van der Waals surface area contributed by atoms with Crippen LogP contribution in [0.1, 0.15) is 16.4 Å². The lowest BCUT2D eigenvalue weighted by Crippen LogP contribution is -2.49. The number of piperazine rings is 1. The fraction of sp³-hybridized carbons (Fsp3) is 0.294. The van der Waals surface area contributed by atoms with Gasteiger partial charge in [-0.15, -0.1) is 0 Å². The molecule has 1 aliphatic heterocycles. The van der Waals surface area contributed by atoms with Crippen molar-refractivity contribution < 1.29 is 9.32 Å². The predicted molar refractivity (Wildman–Crippen MR) is 95.2 cm³/mol. The van der Waals surface area contributed by atoms with Crippen LogP contribution in [0.15, 0.2) is 39.8 Å². The van der Waals surface area contributed by atoms with E-state index in [-0.39, 0.29) is 17.2 Å². The average Bonchev–Trinajstić information content (AvgIpc) is 3.15. The van der Waals surface area contributed by atoms with Gasteiger partial charge in [-0.05, 0) is 18.2 Å². The number of nitrogens with zero attached hydrogens (tertiary/aromatic N) is 6. The Kier molecular flexibility index (Phi) is 4.37. The Balaban J connectivity index is 1.39. The Bertz CT molecular complexity index is 983. The van der Waals surface area contributed by atoms with E-state index in [0.29, 0.717) is 37.9 Å². The van der Waals surface area contributed by atoms with Crippen molar-refractivity contribution in [3.05, 3.63) is 52.4 Å². The van der Waals surface area contributed by atoms with Crippen LogP contribution in [0.25, 0.3) is 11.4 Å². The predicted octanol–water partition coefficient (Wildman–Crippen LogP) is 0.486. The minimum atomic E-state index is -0.332. The number of anilines is 1. The highest BCUT2D eigenvalue weighted by Crippen LogP contribution is 2.19. The number of amides is 1. The molecule has 27 heavy (non-hydrogen) atoms. The molecule has 1 N–H and O–H groups in total. The van der Waals surface area contributed by atoms with E-state index < -0.39 is 0 Å². The molecule has 3 aromatic rings. The van der Waals surface area contributed by atoms with Crippen molar-refractivity contribution in [2.75, 3.05) is 31.1 Å². The smallest absolute Gasteiger partial charge is 0.274 e. The molecule has 1 amide bonds. The fourth-order valence-electron chi connectivity index (χ4n) is 2.89. The Labute approximate surface area is 153 Å². The molecule has 0 radical (unpaired) electrons. The molecule has 10 nitrogen and oxygen atoms in total. The molecule has 0 atom stereocenters. The summed E-state index contributed by atoms with van der Waals surface area (Å²) in [6, 6.07) is 6.54. The van der Waals surface area contributed by atoms with E-state index in [1.54, 1.807) is 18.0 Å². The summed E-state index contributed by atoms with van der Waals surface area (Å²) < 4.78 is 4.98. The summed E-state index contributed by atoms with van der Waals surface area (Å²) in [4.78, 5) is 36.0. The number of carbonyl (C=O) groups is 1. The summed E-state index contributed by atoms with van der Waals surface area (Å²) in [5.41, 5.74) is 0.691. The van der Waals surface area contributed by atoms with Crippen LogP contribution in [0.4, 0.5) is 5.82 Å². The fourth-order valence-corrected chi connectivity index (χ4v) is 2.89. The lowest BCUT2D eigenvalue weighted by molar-refractivity contribution is 0.0739. The Morgan fingerprint density at radius 2 is 1.96 bits per heavy atom. The summed E-state index contributed by atoms with van der Waals surface area (Å²) in [5, 5.41) is 9.96. The number of aromatic amines is 1. The van der Waals surface area contributed by atoms with Crippen LogP contribution >= 0.6 is 0 Å². The molecule has 0 saturated carbocycles. The van der Waals surface area contributed by atoms with Gasteiger partial charge in [-0.1, -0.05) is 5.16 Å². The molecule has 4 heterocycles. The number of aromatic nitrogens is 5. The number of nitrogens with one attached hydrogen (secondary N) is 1. The zero-order valence-corrected chi connectivity index (χ0v) is 14.6. The van der Waals surface area contributed by atoms with E-state index in [9.17, 15) is 9.59 Å². The van der Waals surface area contributed by atoms with Crippen molar-refractivity contribution in [3.8, 4) is 11.4 Å². The topological polar surface area (TPSA) is 121 Å². The van der Waals surface area contributed by atoms with Gasteiger partial charge in [-0.25, -0.2) is 10.1 Å². The van der Waals surface area contributed by atoms with Crippen LogP contribution in [-0.2, 0) is 0 Å². The van der Waals surface area contributed by atoms with E-state index in [4.69, 9.17) is 4.52 Å². The number of carbonyl (C=O) groups excluding carboxylic acids is 1. The van der Waals surface area contributed by atoms with Crippen molar-refractivity contribution in [3.63, 3.8) is 0 Å². The number of hydrogen-bond donors (Lipinski definition) is 1. The third-order valence-corrected chi connectivity index (χ3v) is 4.32. The van der Waals surface area contributed by atoms with Crippen LogP contribution in [0.2, 0.25) is 0 Å². The van der Waals surface area contributed by atoms with E-state index in [2.05, 4.69) is 30.2 Å². The number of rotatable bonds is 3. The highest BCUT2D eigenvalue weighted by atomic mass is 16.5. The summed E-state index contributed by atoms with van der Waals surface area (Å²) >= 11 is 0. The molecule has 1 aliphatic rings. The standard InChI is InChI=1S/C17H17N7O3/c1-11-19-16(22-27-11)12-2-4-14(18-10-12)23-6-8-24(9-7-23)17(26)13-3-5-15(25)21-20-13/h2-5,10H,6-9H2,1H3,(H,21,25). The Hall–Kier alpha value is -3.56. The maximum Gasteiger partial charge on any atom is 0.274 e. The molecule has 10 heteroatoms. The van der Waals surface area contributed by atoms with Gasteiger partial charge in [0.05, 0.1) is 0 Å². The second-order valence-corrected chi connectivity index (χ2v) is 6.13. The number of aryl methyl sites for hydroxylation is 1. The maximum absolute atomic E-state index is 12.4. The van der Waals surface area contributed by atoms with Crippen LogP contribution < -0.4 is 10.5 Å². The first-order chi connectivity index (χ1) is 13.1.